The van der Waals surface area contributed by atoms with Gasteiger partial charge in [-0.3, -0.25) is 0 Å². The lowest BCUT2D eigenvalue weighted by Gasteiger charge is -2.11. The molecular formula is C12H17NO3S. The third-order valence-electron chi connectivity index (χ3n) is 2.53. The van der Waals surface area contributed by atoms with Crippen LogP contribution >= 0.6 is 0 Å². The summed E-state index contributed by atoms with van der Waals surface area (Å²) in [5.41, 5.74) is 0.971. The molecule has 1 unspecified atom stereocenters. The molecule has 3 N–H and O–H groups in total. The number of sulfonamides is 1. The molecule has 0 heterocycles. The first-order valence-corrected chi connectivity index (χ1v) is 6.85. The predicted molar refractivity (Wildman–Crippen MR) is 66.9 cm³/mol. The van der Waals surface area contributed by atoms with Crippen molar-refractivity contribution in [1.29, 1.82) is 0 Å². The van der Waals surface area contributed by atoms with Crippen LogP contribution in [0.2, 0.25) is 0 Å². The van der Waals surface area contributed by atoms with Crippen LogP contribution in [0.3, 0.4) is 0 Å². The molecule has 4 nitrogen and oxygen atoms in total. The quantitative estimate of drug-likeness (QED) is 0.746. The summed E-state index contributed by atoms with van der Waals surface area (Å²) < 4.78 is 22.1. The molecule has 1 rings (SSSR count). The van der Waals surface area contributed by atoms with Gasteiger partial charge in [-0.25, -0.2) is 13.6 Å². The van der Waals surface area contributed by atoms with Crippen LogP contribution in [0.1, 0.15) is 12.0 Å². The van der Waals surface area contributed by atoms with Crippen LogP contribution in [0.15, 0.2) is 41.8 Å². The summed E-state index contributed by atoms with van der Waals surface area (Å²) >= 11 is 0. The summed E-state index contributed by atoms with van der Waals surface area (Å²) in [5.74, 6) is 0.118. The Hall–Kier alpha value is -1.17. The zero-order chi connectivity index (χ0) is 12.9. The van der Waals surface area contributed by atoms with Gasteiger partial charge >= 0.3 is 0 Å². The van der Waals surface area contributed by atoms with E-state index in [1.807, 2.05) is 0 Å². The van der Waals surface area contributed by atoms with Crippen LogP contribution in [-0.4, -0.2) is 20.1 Å². The minimum Gasteiger partial charge on any atom is -0.396 e. The molecule has 0 aliphatic rings. The molecule has 1 aromatic rings. The molecule has 0 radical (unpaired) electrons. The minimum absolute atomic E-state index is 0.0863. The SMILES string of the molecule is C=CCC(CO)Cc1ccc(S(N)(=O)=O)cc1. The highest BCUT2D eigenvalue weighted by Crippen LogP contribution is 2.15. The molecule has 0 aliphatic heterocycles. The first kappa shape index (κ1) is 13.9. The molecule has 94 valence electrons. The van der Waals surface area contributed by atoms with Gasteiger partial charge in [-0.05, 0) is 36.5 Å². The van der Waals surface area contributed by atoms with E-state index in [1.54, 1.807) is 18.2 Å². The lowest BCUT2D eigenvalue weighted by molar-refractivity contribution is 0.227. The molecule has 1 atom stereocenters. The van der Waals surface area contributed by atoms with Gasteiger partial charge in [-0.15, -0.1) is 6.58 Å². The second-order valence-electron chi connectivity index (χ2n) is 3.97. The van der Waals surface area contributed by atoms with E-state index < -0.39 is 10.0 Å². The van der Waals surface area contributed by atoms with E-state index >= 15 is 0 Å². The first-order valence-electron chi connectivity index (χ1n) is 5.31. The fraction of sp³-hybridized carbons (Fsp3) is 0.333. The van der Waals surface area contributed by atoms with Crippen molar-refractivity contribution in [1.82, 2.24) is 0 Å². The van der Waals surface area contributed by atoms with Gasteiger partial charge in [0.15, 0.2) is 0 Å². The molecule has 17 heavy (non-hydrogen) atoms. The summed E-state index contributed by atoms with van der Waals surface area (Å²) in [6, 6.07) is 6.39. The van der Waals surface area contributed by atoms with E-state index in [1.165, 1.54) is 12.1 Å². The van der Waals surface area contributed by atoms with E-state index in [0.29, 0.717) is 6.42 Å². The number of benzene rings is 1. The third-order valence-corrected chi connectivity index (χ3v) is 3.46. The van der Waals surface area contributed by atoms with E-state index in [9.17, 15) is 8.42 Å². The van der Waals surface area contributed by atoms with Crippen molar-refractivity contribution < 1.29 is 13.5 Å². The van der Waals surface area contributed by atoms with Gasteiger partial charge in [0.1, 0.15) is 0 Å². The Labute approximate surface area is 102 Å². The van der Waals surface area contributed by atoms with Gasteiger partial charge in [0, 0.05) is 6.61 Å². The largest absolute Gasteiger partial charge is 0.396 e. The zero-order valence-electron chi connectivity index (χ0n) is 9.54. The molecular weight excluding hydrogens is 238 g/mol. The highest BCUT2D eigenvalue weighted by atomic mass is 32.2. The summed E-state index contributed by atoms with van der Waals surface area (Å²) in [6.45, 7) is 3.72. The van der Waals surface area contributed by atoms with E-state index in [2.05, 4.69) is 6.58 Å². The second-order valence-corrected chi connectivity index (χ2v) is 5.53. The number of nitrogens with two attached hydrogens (primary N) is 1. The predicted octanol–water partition coefficient (Wildman–Crippen LogP) is 1.06. The normalized spacial score (nSPS) is 13.3. The average molecular weight is 255 g/mol. The topological polar surface area (TPSA) is 80.4 Å². The third kappa shape index (κ3) is 4.30. The van der Waals surface area contributed by atoms with Gasteiger partial charge in [0.2, 0.25) is 10.0 Å². The molecule has 0 saturated carbocycles. The summed E-state index contributed by atoms with van der Waals surface area (Å²) in [4.78, 5) is 0.102. The number of rotatable bonds is 6. The fourth-order valence-electron chi connectivity index (χ4n) is 1.61. The number of allylic oxidation sites excluding steroid dienone is 1. The highest BCUT2D eigenvalue weighted by Gasteiger charge is 2.09. The van der Waals surface area contributed by atoms with Crippen molar-refractivity contribution in [3.8, 4) is 0 Å². The second kappa shape index (κ2) is 5.95. The zero-order valence-corrected chi connectivity index (χ0v) is 10.4. The molecule has 1 aromatic carbocycles. The molecule has 0 amide bonds. The van der Waals surface area contributed by atoms with Crippen LogP contribution in [0.25, 0.3) is 0 Å². The number of hydrogen-bond acceptors (Lipinski definition) is 3. The maximum atomic E-state index is 11.0. The molecule has 0 saturated heterocycles. The number of aliphatic hydroxyl groups excluding tert-OH is 1. The van der Waals surface area contributed by atoms with Crippen molar-refractivity contribution in [3.63, 3.8) is 0 Å². The molecule has 0 bridgehead atoms. The lowest BCUT2D eigenvalue weighted by Crippen LogP contribution is -2.12. The van der Waals surface area contributed by atoms with E-state index in [0.717, 1.165) is 12.0 Å². The Balaban J connectivity index is 2.78. The van der Waals surface area contributed by atoms with Crippen molar-refractivity contribution in [2.45, 2.75) is 17.7 Å². The summed E-state index contributed by atoms with van der Waals surface area (Å²) in [6.07, 6.45) is 3.18. The molecule has 0 aliphatic carbocycles. The van der Waals surface area contributed by atoms with Gasteiger partial charge < -0.3 is 5.11 Å². The molecule has 0 spiro atoms. The van der Waals surface area contributed by atoms with Gasteiger partial charge in [0.05, 0.1) is 4.90 Å². The van der Waals surface area contributed by atoms with Crippen molar-refractivity contribution in [2.24, 2.45) is 11.1 Å². The molecule has 5 heteroatoms. The maximum absolute atomic E-state index is 11.0. The first-order chi connectivity index (χ1) is 7.97. The number of primary sulfonamides is 1. The standard InChI is InChI=1S/C12H17NO3S/c1-2-3-11(9-14)8-10-4-6-12(7-5-10)17(13,15)16/h2,4-7,11,14H,1,3,8-9H2,(H2,13,15,16). The minimum atomic E-state index is -3.63. The fourth-order valence-corrected chi connectivity index (χ4v) is 2.12. The van der Waals surface area contributed by atoms with Gasteiger partial charge in [-0.2, -0.15) is 0 Å². The van der Waals surface area contributed by atoms with Crippen molar-refractivity contribution in [3.05, 3.63) is 42.5 Å². The van der Waals surface area contributed by atoms with Gasteiger partial charge in [0.25, 0.3) is 0 Å². The Bertz CT molecular complexity index is 465. The van der Waals surface area contributed by atoms with Crippen molar-refractivity contribution >= 4 is 10.0 Å². The van der Waals surface area contributed by atoms with Crippen molar-refractivity contribution in [2.75, 3.05) is 6.61 Å². The Kier molecular flexibility index (Phi) is 4.86. The van der Waals surface area contributed by atoms with E-state index in [4.69, 9.17) is 10.2 Å². The van der Waals surface area contributed by atoms with Crippen LogP contribution in [0.5, 0.6) is 0 Å². The molecule has 0 fully saturated rings. The molecule has 0 aromatic heterocycles. The summed E-state index contributed by atoms with van der Waals surface area (Å²) in [5, 5.41) is 14.1. The van der Waals surface area contributed by atoms with Crippen LogP contribution in [0.4, 0.5) is 0 Å². The lowest BCUT2D eigenvalue weighted by atomic mass is 9.97. The highest BCUT2D eigenvalue weighted by molar-refractivity contribution is 7.89. The Morgan fingerprint density at radius 1 is 1.35 bits per heavy atom. The van der Waals surface area contributed by atoms with Gasteiger partial charge in [-0.1, -0.05) is 18.2 Å². The smallest absolute Gasteiger partial charge is 0.238 e. The Morgan fingerprint density at radius 2 is 1.94 bits per heavy atom. The number of hydrogen-bond donors (Lipinski definition) is 2. The number of aliphatic hydroxyl groups is 1. The summed E-state index contributed by atoms with van der Waals surface area (Å²) in [7, 11) is -3.63. The maximum Gasteiger partial charge on any atom is 0.238 e. The van der Waals surface area contributed by atoms with Crippen LogP contribution in [-0.2, 0) is 16.4 Å². The Morgan fingerprint density at radius 3 is 2.35 bits per heavy atom. The van der Waals surface area contributed by atoms with Crippen LogP contribution < -0.4 is 5.14 Å². The van der Waals surface area contributed by atoms with Crippen LogP contribution in [0, 0.1) is 5.92 Å². The average Bonchev–Trinajstić information content (AvgIpc) is 2.28. The van der Waals surface area contributed by atoms with E-state index in [-0.39, 0.29) is 17.4 Å². The monoisotopic (exact) mass is 255 g/mol.